The molecule has 2 aliphatic rings. The lowest BCUT2D eigenvalue weighted by Crippen LogP contribution is -2.29. The molecule has 0 saturated carbocycles. The van der Waals surface area contributed by atoms with Crippen molar-refractivity contribution in [1.29, 1.82) is 0 Å². The van der Waals surface area contributed by atoms with Crippen LogP contribution >= 0.6 is 11.8 Å². The average molecular weight is 410 g/mol. The fraction of sp³-hybridized carbons (Fsp3) is 0.304. The molecule has 0 atom stereocenters. The molecule has 0 N–H and O–H groups in total. The first-order valence-electron chi connectivity index (χ1n) is 10.1. The van der Waals surface area contributed by atoms with Gasteiger partial charge in [-0.15, -0.1) is 0 Å². The first-order chi connectivity index (χ1) is 14.2. The van der Waals surface area contributed by atoms with E-state index in [1.807, 2.05) is 49.4 Å². The third-order valence-corrected chi connectivity index (χ3v) is 6.04. The number of carbonyl (C=O) groups is 1. The maximum absolute atomic E-state index is 14.6. The lowest BCUT2D eigenvalue weighted by molar-refractivity contribution is -0.122. The zero-order valence-corrected chi connectivity index (χ0v) is 17.3. The van der Waals surface area contributed by atoms with Crippen LogP contribution in [0.15, 0.2) is 58.4 Å². The van der Waals surface area contributed by atoms with Crippen LogP contribution in [-0.4, -0.2) is 35.6 Å². The van der Waals surface area contributed by atoms with E-state index in [0.29, 0.717) is 27.9 Å². The molecule has 0 aromatic heterocycles. The molecule has 2 saturated heterocycles. The molecule has 2 heterocycles. The Balaban J connectivity index is 1.60. The van der Waals surface area contributed by atoms with Gasteiger partial charge in [-0.2, -0.15) is 0 Å². The van der Waals surface area contributed by atoms with E-state index in [1.54, 1.807) is 11.0 Å². The molecule has 4 rings (SSSR count). The molecule has 6 heteroatoms. The first-order valence-corrected chi connectivity index (χ1v) is 10.9. The molecule has 150 valence electrons. The van der Waals surface area contributed by atoms with Crippen LogP contribution in [0, 0.1) is 5.82 Å². The number of anilines is 1. The number of amides is 1. The molecule has 0 spiro atoms. The van der Waals surface area contributed by atoms with Crippen LogP contribution in [0.25, 0.3) is 6.08 Å². The van der Waals surface area contributed by atoms with E-state index in [4.69, 9.17) is 0 Å². The minimum Gasteiger partial charge on any atom is -0.369 e. The second-order valence-corrected chi connectivity index (χ2v) is 8.21. The molecular weight excluding hydrogens is 385 g/mol. The Morgan fingerprint density at radius 1 is 1.14 bits per heavy atom. The second-order valence-electron chi connectivity index (χ2n) is 7.20. The van der Waals surface area contributed by atoms with Gasteiger partial charge in [-0.1, -0.05) is 31.2 Å². The predicted octanol–water partition coefficient (Wildman–Crippen LogP) is 5.44. The number of benzene rings is 2. The summed E-state index contributed by atoms with van der Waals surface area (Å²) in [5.74, 6) is -0.309. The van der Waals surface area contributed by atoms with Gasteiger partial charge in [0.2, 0.25) is 0 Å². The third kappa shape index (κ3) is 4.37. The predicted molar refractivity (Wildman–Crippen MR) is 119 cm³/mol. The van der Waals surface area contributed by atoms with Crippen molar-refractivity contribution in [1.82, 2.24) is 4.90 Å². The molecule has 2 aromatic rings. The molecule has 4 nitrogen and oxygen atoms in total. The average Bonchev–Trinajstić information content (AvgIpc) is 3.34. The highest BCUT2D eigenvalue weighted by atomic mass is 32.2. The minimum atomic E-state index is -0.236. The van der Waals surface area contributed by atoms with Crippen molar-refractivity contribution in [3.63, 3.8) is 0 Å². The maximum Gasteiger partial charge on any atom is 0.266 e. The van der Waals surface area contributed by atoms with Gasteiger partial charge in [-0.25, -0.2) is 9.38 Å². The minimum absolute atomic E-state index is 0.0736. The molecule has 2 fully saturated rings. The van der Waals surface area contributed by atoms with Crippen molar-refractivity contribution in [2.24, 2.45) is 4.99 Å². The Labute approximate surface area is 175 Å². The van der Waals surface area contributed by atoms with Crippen molar-refractivity contribution in [3.05, 3.63) is 64.8 Å². The van der Waals surface area contributed by atoms with Gasteiger partial charge in [0.25, 0.3) is 5.91 Å². The van der Waals surface area contributed by atoms with E-state index in [1.165, 1.54) is 17.8 Å². The Hall–Kier alpha value is -2.60. The van der Waals surface area contributed by atoms with Crippen LogP contribution in [0.3, 0.4) is 0 Å². The normalized spacial score (nSPS) is 19.7. The Morgan fingerprint density at radius 3 is 2.59 bits per heavy atom. The van der Waals surface area contributed by atoms with Crippen LogP contribution < -0.4 is 4.90 Å². The second kappa shape index (κ2) is 8.82. The number of thioether (sulfide) groups is 1. The lowest BCUT2D eigenvalue weighted by atomic mass is 10.1. The van der Waals surface area contributed by atoms with E-state index in [9.17, 15) is 9.18 Å². The number of aliphatic imine (C=N–C) groups is 1. The van der Waals surface area contributed by atoms with Crippen LogP contribution in [0.5, 0.6) is 0 Å². The monoisotopic (exact) mass is 409 g/mol. The van der Waals surface area contributed by atoms with Gasteiger partial charge in [0.1, 0.15) is 5.82 Å². The highest BCUT2D eigenvalue weighted by Gasteiger charge is 2.32. The fourth-order valence-corrected chi connectivity index (χ4v) is 4.63. The summed E-state index contributed by atoms with van der Waals surface area (Å²) in [6, 6.07) is 14.8. The SMILES string of the molecule is CCCN1C(=O)/C(=C/c2ccc(N3CCCC3)c(F)c2)SC1=Nc1ccccc1. The van der Waals surface area contributed by atoms with Gasteiger partial charge in [0.15, 0.2) is 5.17 Å². The summed E-state index contributed by atoms with van der Waals surface area (Å²) in [5, 5.41) is 0.670. The van der Waals surface area contributed by atoms with Crippen LogP contribution in [0.4, 0.5) is 15.8 Å². The molecule has 0 aliphatic carbocycles. The fourth-order valence-electron chi connectivity index (χ4n) is 3.60. The van der Waals surface area contributed by atoms with E-state index < -0.39 is 0 Å². The Bertz CT molecular complexity index is 952. The van der Waals surface area contributed by atoms with Gasteiger partial charge < -0.3 is 4.90 Å². The third-order valence-electron chi connectivity index (χ3n) is 5.03. The Kier molecular flexibility index (Phi) is 6.00. The number of hydrogen-bond acceptors (Lipinski definition) is 4. The lowest BCUT2D eigenvalue weighted by Gasteiger charge is -2.18. The number of hydrogen-bond donors (Lipinski definition) is 0. The van der Waals surface area contributed by atoms with Crippen molar-refractivity contribution in [2.45, 2.75) is 26.2 Å². The van der Waals surface area contributed by atoms with Crippen molar-refractivity contribution < 1.29 is 9.18 Å². The van der Waals surface area contributed by atoms with Crippen molar-refractivity contribution in [2.75, 3.05) is 24.5 Å². The van der Waals surface area contributed by atoms with Crippen LogP contribution in [-0.2, 0) is 4.79 Å². The molecule has 2 aromatic carbocycles. The summed E-state index contributed by atoms with van der Waals surface area (Å²) < 4.78 is 14.6. The Morgan fingerprint density at radius 2 is 1.90 bits per heavy atom. The molecule has 2 aliphatic heterocycles. The maximum atomic E-state index is 14.6. The summed E-state index contributed by atoms with van der Waals surface area (Å²) in [7, 11) is 0. The number of nitrogens with zero attached hydrogens (tertiary/aromatic N) is 3. The topological polar surface area (TPSA) is 35.9 Å². The zero-order chi connectivity index (χ0) is 20.2. The first kappa shape index (κ1) is 19.7. The molecular formula is C23H24FN3OS. The number of rotatable bonds is 5. The van der Waals surface area contributed by atoms with Crippen molar-refractivity contribution in [3.8, 4) is 0 Å². The summed E-state index contributed by atoms with van der Waals surface area (Å²) in [5.41, 5.74) is 2.15. The van der Waals surface area contributed by atoms with Crippen LogP contribution in [0.2, 0.25) is 0 Å². The standard InChI is InChI=1S/C23H24FN3OS/c1-2-12-27-22(28)21(29-23(27)25-18-8-4-3-5-9-18)16-17-10-11-20(19(24)15-17)26-13-6-7-14-26/h3-5,8-11,15-16H,2,6-7,12-14H2,1H3/b21-16-,25-23?. The summed E-state index contributed by atoms with van der Waals surface area (Å²) in [6.07, 6.45) is 4.81. The molecule has 29 heavy (non-hydrogen) atoms. The van der Waals surface area contributed by atoms with Gasteiger partial charge >= 0.3 is 0 Å². The summed E-state index contributed by atoms with van der Waals surface area (Å²) in [4.78, 5) is 21.9. The van der Waals surface area contributed by atoms with Gasteiger partial charge in [0, 0.05) is 19.6 Å². The number of para-hydroxylation sites is 1. The molecule has 1 amide bonds. The quantitative estimate of drug-likeness (QED) is 0.617. The largest absolute Gasteiger partial charge is 0.369 e. The molecule has 0 bridgehead atoms. The number of carbonyl (C=O) groups excluding carboxylic acids is 1. The van der Waals surface area contributed by atoms with Crippen molar-refractivity contribution >= 4 is 40.3 Å². The number of halogens is 1. The highest BCUT2D eigenvalue weighted by molar-refractivity contribution is 8.18. The van der Waals surface area contributed by atoms with Gasteiger partial charge in [-0.3, -0.25) is 9.69 Å². The molecule has 0 unspecified atom stereocenters. The van der Waals surface area contributed by atoms with E-state index >= 15 is 0 Å². The van der Waals surface area contributed by atoms with Crippen LogP contribution in [0.1, 0.15) is 31.7 Å². The zero-order valence-electron chi connectivity index (χ0n) is 16.5. The smallest absolute Gasteiger partial charge is 0.266 e. The van der Waals surface area contributed by atoms with E-state index in [-0.39, 0.29) is 11.7 Å². The van der Waals surface area contributed by atoms with E-state index in [2.05, 4.69) is 9.89 Å². The summed E-state index contributed by atoms with van der Waals surface area (Å²) >= 11 is 1.35. The highest BCUT2D eigenvalue weighted by Crippen LogP contribution is 2.35. The molecule has 0 radical (unpaired) electrons. The van der Waals surface area contributed by atoms with Gasteiger partial charge in [0.05, 0.1) is 16.3 Å². The summed E-state index contributed by atoms with van der Waals surface area (Å²) in [6.45, 7) is 4.44. The number of amidine groups is 1. The van der Waals surface area contributed by atoms with Gasteiger partial charge in [-0.05, 0) is 66.9 Å². The van der Waals surface area contributed by atoms with E-state index in [0.717, 1.165) is 38.0 Å².